The molecule has 3 rings (SSSR count). The fraction of sp³-hybridized carbons (Fsp3) is 0.176. The number of carbonyl (C=O) groups is 2. The minimum absolute atomic E-state index is 0.0665. The Morgan fingerprint density at radius 3 is 2.88 bits per heavy atom. The van der Waals surface area contributed by atoms with E-state index >= 15 is 0 Å². The number of amides is 1. The summed E-state index contributed by atoms with van der Waals surface area (Å²) in [5.74, 6) is -1.22. The third-order valence-electron chi connectivity index (χ3n) is 3.46. The number of rotatable bonds is 4. The van der Waals surface area contributed by atoms with Crippen molar-refractivity contribution in [1.82, 2.24) is 0 Å². The number of anilines is 1. The average molecular weight is 410 g/mol. The van der Waals surface area contributed by atoms with Gasteiger partial charge in [-0.05, 0) is 24.3 Å². The van der Waals surface area contributed by atoms with Gasteiger partial charge < -0.3 is 10.1 Å². The first-order chi connectivity index (χ1) is 11.5. The summed E-state index contributed by atoms with van der Waals surface area (Å²) in [4.78, 5) is 24.9. The van der Waals surface area contributed by atoms with Crippen molar-refractivity contribution in [1.29, 1.82) is 0 Å². The second kappa shape index (κ2) is 7.36. The lowest BCUT2D eigenvalue weighted by atomic mass is 10.2. The van der Waals surface area contributed by atoms with E-state index in [4.69, 9.17) is 4.74 Å². The maximum Gasteiger partial charge on any atom is 0.307 e. The van der Waals surface area contributed by atoms with Gasteiger partial charge in [-0.1, -0.05) is 34.1 Å². The highest BCUT2D eigenvalue weighted by Gasteiger charge is 2.29. The van der Waals surface area contributed by atoms with E-state index in [1.807, 2.05) is 24.3 Å². The summed E-state index contributed by atoms with van der Waals surface area (Å²) in [6.07, 6.45) is -0.0665. The Hall–Kier alpha value is -1.86. The number of hydrogen-bond acceptors (Lipinski definition) is 4. The van der Waals surface area contributed by atoms with E-state index in [9.17, 15) is 14.0 Å². The Balaban J connectivity index is 1.58. The van der Waals surface area contributed by atoms with Gasteiger partial charge in [-0.3, -0.25) is 9.59 Å². The van der Waals surface area contributed by atoms with Crippen LogP contribution in [0.2, 0.25) is 0 Å². The topological polar surface area (TPSA) is 55.4 Å². The van der Waals surface area contributed by atoms with Crippen molar-refractivity contribution < 1.29 is 18.7 Å². The second-order valence-corrected chi connectivity index (χ2v) is 7.35. The Morgan fingerprint density at radius 1 is 1.29 bits per heavy atom. The van der Waals surface area contributed by atoms with E-state index in [-0.39, 0.29) is 24.5 Å². The number of halogens is 2. The van der Waals surface area contributed by atoms with Crippen LogP contribution in [0.3, 0.4) is 0 Å². The molecular formula is C17H13BrFNO3S. The molecule has 1 aliphatic heterocycles. The Kier molecular flexibility index (Phi) is 5.20. The molecule has 0 bridgehead atoms. The molecule has 0 spiro atoms. The van der Waals surface area contributed by atoms with Gasteiger partial charge in [0.15, 0.2) is 0 Å². The zero-order chi connectivity index (χ0) is 17.1. The minimum atomic E-state index is -0.554. The molecule has 24 heavy (non-hydrogen) atoms. The SMILES string of the molecule is O=C(C[C@@H]1Sc2ccccc2NC1=O)OCc1ccc(Br)cc1F. The maximum atomic E-state index is 13.7. The van der Waals surface area contributed by atoms with E-state index in [0.717, 1.165) is 10.6 Å². The van der Waals surface area contributed by atoms with E-state index < -0.39 is 17.0 Å². The number of para-hydroxylation sites is 1. The molecule has 0 aliphatic carbocycles. The first-order valence-corrected chi connectivity index (χ1v) is 8.86. The average Bonchev–Trinajstić information content (AvgIpc) is 2.55. The monoisotopic (exact) mass is 409 g/mol. The molecule has 0 unspecified atom stereocenters. The summed E-state index contributed by atoms with van der Waals surface area (Å²) in [6, 6.07) is 11.9. The number of nitrogens with one attached hydrogen (secondary N) is 1. The summed E-state index contributed by atoms with van der Waals surface area (Å²) in [5, 5.41) is 2.22. The van der Waals surface area contributed by atoms with Crippen LogP contribution in [0.1, 0.15) is 12.0 Å². The molecule has 1 aliphatic rings. The fourth-order valence-electron chi connectivity index (χ4n) is 2.23. The summed E-state index contributed by atoms with van der Waals surface area (Å²) in [5.41, 5.74) is 1.03. The molecule has 0 radical (unpaired) electrons. The molecule has 7 heteroatoms. The molecule has 0 saturated heterocycles. The Labute approximate surface area is 150 Å². The molecule has 124 valence electrons. The van der Waals surface area contributed by atoms with Gasteiger partial charge in [-0.25, -0.2) is 4.39 Å². The fourth-order valence-corrected chi connectivity index (χ4v) is 3.66. The summed E-state index contributed by atoms with van der Waals surface area (Å²) in [6.45, 7) is -0.159. The van der Waals surface area contributed by atoms with Crippen molar-refractivity contribution in [3.63, 3.8) is 0 Å². The van der Waals surface area contributed by atoms with E-state index in [1.54, 1.807) is 12.1 Å². The largest absolute Gasteiger partial charge is 0.461 e. The number of esters is 1. The van der Waals surface area contributed by atoms with Crippen LogP contribution in [0.15, 0.2) is 51.8 Å². The zero-order valence-electron chi connectivity index (χ0n) is 12.4. The standard InChI is InChI=1S/C17H13BrFNO3S/c18-11-6-5-10(12(19)7-11)9-23-16(21)8-15-17(22)20-13-3-1-2-4-14(13)24-15/h1-7,15H,8-9H2,(H,20,22)/t15-/m0/s1. The number of carbonyl (C=O) groups excluding carboxylic acids is 2. The highest BCUT2D eigenvalue weighted by atomic mass is 79.9. The first-order valence-electron chi connectivity index (χ1n) is 7.19. The lowest BCUT2D eigenvalue weighted by Gasteiger charge is -2.23. The molecule has 0 saturated carbocycles. The summed E-state index contributed by atoms with van der Waals surface area (Å²) >= 11 is 4.49. The minimum Gasteiger partial charge on any atom is -0.461 e. The molecular weight excluding hydrogens is 397 g/mol. The number of benzene rings is 2. The van der Waals surface area contributed by atoms with Crippen molar-refractivity contribution in [2.45, 2.75) is 23.2 Å². The van der Waals surface area contributed by atoms with Crippen LogP contribution in [0.4, 0.5) is 10.1 Å². The van der Waals surface area contributed by atoms with Gasteiger partial charge in [0, 0.05) is 14.9 Å². The van der Waals surface area contributed by atoms with Crippen LogP contribution in [-0.4, -0.2) is 17.1 Å². The Morgan fingerprint density at radius 2 is 2.08 bits per heavy atom. The predicted octanol–water partition coefficient (Wildman–Crippen LogP) is 4.13. The molecule has 1 N–H and O–H groups in total. The van der Waals surface area contributed by atoms with Crippen LogP contribution < -0.4 is 5.32 Å². The number of fused-ring (bicyclic) bond motifs is 1. The van der Waals surface area contributed by atoms with Gasteiger partial charge in [0.05, 0.1) is 17.4 Å². The van der Waals surface area contributed by atoms with Gasteiger partial charge in [0.2, 0.25) is 5.91 Å². The van der Waals surface area contributed by atoms with Crippen molar-refractivity contribution in [2.75, 3.05) is 5.32 Å². The van der Waals surface area contributed by atoms with Gasteiger partial charge in [-0.2, -0.15) is 0 Å². The molecule has 1 amide bonds. The van der Waals surface area contributed by atoms with Crippen LogP contribution in [0.25, 0.3) is 0 Å². The quantitative estimate of drug-likeness (QED) is 0.771. The van der Waals surface area contributed by atoms with Gasteiger partial charge in [0.25, 0.3) is 0 Å². The van der Waals surface area contributed by atoms with E-state index in [0.29, 0.717) is 4.47 Å². The van der Waals surface area contributed by atoms with Gasteiger partial charge in [0.1, 0.15) is 12.4 Å². The number of ether oxygens (including phenoxy) is 1. The summed E-state index contributed by atoms with van der Waals surface area (Å²) in [7, 11) is 0. The van der Waals surface area contributed by atoms with Crippen LogP contribution >= 0.6 is 27.7 Å². The molecule has 0 fully saturated rings. The lowest BCUT2D eigenvalue weighted by Crippen LogP contribution is -2.31. The van der Waals surface area contributed by atoms with Crippen molar-refractivity contribution >= 4 is 45.3 Å². The Bertz CT molecular complexity index is 799. The van der Waals surface area contributed by atoms with Crippen molar-refractivity contribution in [3.05, 3.63) is 58.3 Å². The van der Waals surface area contributed by atoms with Crippen molar-refractivity contribution in [3.8, 4) is 0 Å². The van der Waals surface area contributed by atoms with Crippen LogP contribution in [0, 0.1) is 5.82 Å². The van der Waals surface area contributed by atoms with Gasteiger partial charge in [-0.15, -0.1) is 11.8 Å². The predicted molar refractivity (Wildman–Crippen MR) is 93.2 cm³/mol. The second-order valence-electron chi connectivity index (χ2n) is 5.19. The molecule has 2 aromatic carbocycles. The molecule has 0 aromatic heterocycles. The normalized spacial score (nSPS) is 16.2. The maximum absolute atomic E-state index is 13.7. The number of hydrogen-bond donors (Lipinski definition) is 1. The van der Waals surface area contributed by atoms with Gasteiger partial charge >= 0.3 is 5.97 Å². The van der Waals surface area contributed by atoms with E-state index in [1.165, 1.54) is 17.8 Å². The smallest absolute Gasteiger partial charge is 0.307 e. The zero-order valence-corrected chi connectivity index (χ0v) is 14.8. The van der Waals surface area contributed by atoms with Crippen LogP contribution in [0.5, 0.6) is 0 Å². The van der Waals surface area contributed by atoms with Crippen molar-refractivity contribution in [2.24, 2.45) is 0 Å². The van der Waals surface area contributed by atoms with Crippen LogP contribution in [-0.2, 0) is 20.9 Å². The third kappa shape index (κ3) is 3.96. The number of thioether (sulfide) groups is 1. The molecule has 1 atom stereocenters. The molecule has 4 nitrogen and oxygen atoms in total. The third-order valence-corrected chi connectivity index (χ3v) is 5.23. The lowest BCUT2D eigenvalue weighted by molar-refractivity contribution is -0.145. The molecule has 2 aromatic rings. The molecule has 1 heterocycles. The highest BCUT2D eigenvalue weighted by molar-refractivity contribution is 9.10. The first kappa shape index (κ1) is 17.0. The van der Waals surface area contributed by atoms with E-state index in [2.05, 4.69) is 21.2 Å². The highest BCUT2D eigenvalue weighted by Crippen LogP contribution is 2.36. The summed E-state index contributed by atoms with van der Waals surface area (Å²) < 4.78 is 19.4.